The van der Waals surface area contributed by atoms with E-state index in [9.17, 15) is 5.11 Å². The van der Waals surface area contributed by atoms with Crippen molar-refractivity contribution in [2.45, 2.75) is 25.3 Å². The molecule has 1 aliphatic rings. The second-order valence-electron chi connectivity index (χ2n) is 5.25. The zero-order chi connectivity index (χ0) is 13.2. The largest absolute Gasteiger partial charge is 0.398 e. The Kier molecular flexibility index (Phi) is 3.25. The SMILES string of the molecule is Nc1ccc(NC2CCCC2CO)c2cnccc12. The molecular weight excluding hydrogens is 238 g/mol. The van der Waals surface area contributed by atoms with Crippen molar-refractivity contribution in [3.63, 3.8) is 0 Å². The zero-order valence-electron chi connectivity index (χ0n) is 10.8. The minimum atomic E-state index is 0.253. The van der Waals surface area contributed by atoms with E-state index in [1.54, 1.807) is 6.20 Å². The first-order valence-corrected chi connectivity index (χ1v) is 6.79. The third-order valence-electron chi connectivity index (χ3n) is 4.09. The molecule has 0 spiro atoms. The Balaban J connectivity index is 1.95. The number of anilines is 2. The van der Waals surface area contributed by atoms with Crippen LogP contribution < -0.4 is 11.1 Å². The van der Waals surface area contributed by atoms with Gasteiger partial charge in [-0.3, -0.25) is 4.98 Å². The molecule has 2 aromatic rings. The Labute approximate surface area is 112 Å². The van der Waals surface area contributed by atoms with Gasteiger partial charge in [0.2, 0.25) is 0 Å². The number of aromatic nitrogens is 1. The fraction of sp³-hybridized carbons (Fsp3) is 0.400. The summed E-state index contributed by atoms with van der Waals surface area (Å²) in [4.78, 5) is 4.18. The summed E-state index contributed by atoms with van der Waals surface area (Å²) in [5, 5.41) is 15.0. The lowest BCUT2D eigenvalue weighted by Crippen LogP contribution is -2.26. The van der Waals surface area contributed by atoms with E-state index in [1.165, 1.54) is 6.42 Å². The van der Waals surface area contributed by atoms with Crippen molar-refractivity contribution in [2.75, 3.05) is 17.7 Å². The number of aliphatic hydroxyl groups excluding tert-OH is 1. The van der Waals surface area contributed by atoms with Crippen molar-refractivity contribution < 1.29 is 5.11 Å². The van der Waals surface area contributed by atoms with Crippen molar-refractivity contribution in [3.05, 3.63) is 30.6 Å². The summed E-state index contributed by atoms with van der Waals surface area (Å²) < 4.78 is 0. The molecule has 0 amide bonds. The second-order valence-corrected chi connectivity index (χ2v) is 5.25. The van der Waals surface area contributed by atoms with Crippen molar-refractivity contribution in [1.29, 1.82) is 0 Å². The molecule has 4 heteroatoms. The average Bonchev–Trinajstić information content (AvgIpc) is 2.89. The predicted octanol–water partition coefficient (Wildman–Crippen LogP) is 2.39. The van der Waals surface area contributed by atoms with Gasteiger partial charge in [0.25, 0.3) is 0 Å². The van der Waals surface area contributed by atoms with Crippen LogP contribution in [0.4, 0.5) is 11.4 Å². The maximum atomic E-state index is 9.40. The van der Waals surface area contributed by atoms with E-state index < -0.39 is 0 Å². The van der Waals surface area contributed by atoms with Gasteiger partial charge in [-0.25, -0.2) is 0 Å². The number of nitrogen functional groups attached to an aromatic ring is 1. The normalized spacial score (nSPS) is 22.8. The van der Waals surface area contributed by atoms with Gasteiger partial charge in [-0.2, -0.15) is 0 Å². The summed E-state index contributed by atoms with van der Waals surface area (Å²) in [7, 11) is 0. The molecule has 4 nitrogen and oxygen atoms in total. The molecule has 2 atom stereocenters. The monoisotopic (exact) mass is 257 g/mol. The number of pyridine rings is 1. The summed E-state index contributed by atoms with van der Waals surface area (Å²) in [6, 6.07) is 6.21. The molecule has 1 fully saturated rings. The Hall–Kier alpha value is -1.81. The summed E-state index contributed by atoms with van der Waals surface area (Å²) >= 11 is 0. The van der Waals surface area contributed by atoms with Crippen molar-refractivity contribution in [1.82, 2.24) is 4.98 Å². The highest BCUT2D eigenvalue weighted by Crippen LogP contribution is 2.32. The molecule has 19 heavy (non-hydrogen) atoms. The van der Waals surface area contributed by atoms with Crippen LogP contribution in [0.2, 0.25) is 0 Å². The number of nitrogens with one attached hydrogen (secondary N) is 1. The molecule has 0 bridgehead atoms. The highest BCUT2D eigenvalue weighted by molar-refractivity contribution is 6.00. The Morgan fingerprint density at radius 1 is 1.26 bits per heavy atom. The molecule has 1 aromatic heterocycles. The third-order valence-corrected chi connectivity index (χ3v) is 4.09. The number of aliphatic hydroxyl groups is 1. The van der Waals surface area contributed by atoms with Gasteiger partial charge in [0.05, 0.1) is 0 Å². The van der Waals surface area contributed by atoms with Gasteiger partial charge in [-0.05, 0) is 31.0 Å². The highest BCUT2D eigenvalue weighted by Gasteiger charge is 2.26. The summed E-state index contributed by atoms with van der Waals surface area (Å²) in [6.07, 6.45) is 6.98. The van der Waals surface area contributed by atoms with Crippen LogP contribution in [0, 0.1) is 5.92 Å². The fourth-order valence-corrected chi connectivity index (χ4v) is 2.98. The minimum absolute atomic E-state index is 0.253. The molecule has 100 valence electrons. The Morgan fingerprint density at radius 2 is 2.16 bits per heavy atom. The number of hydrogen-bond acceptors (Lipinski definition) is 4. The molecular formula is C15H19N3O. The van der Waals surface area contributed by atoms with E-state index in [4.69, 9.17) is 5.73 Å². The highest BCUT2D eigenvalue weighted by atomic mass is 16.3. The van der Waals surface area contributed by atoms with Gasteiger partial charge in [0.15, 0.2) is 0 Å². The van der Waals surface area contributed by atoms with Crippen LogP contribution in [0.1, 0.15) is 19.3 Å². The molecule has 4 N–H and O–H groups in total. The van der Waals surface area contributed by atoms with E-state index in [1.807, 2.05) is 24.4 Å². The van der Waals surface area contributed by atoms with Gasteiger partial charge in [-0.15, -0.1) is 0 Å². The fourth-order valence-electron chi connectivity index (χ4n) is 2.98. The number of rotatable bonds is 3. The lowest BCUT2D eigenvalue weighted by atomic mass is 10.0. The van der Waals surface area contributed by atoms with Gasteiger partial charge < -0.3 is 16.2 Å². The van der Waals surface area contributed by atoms with Crippen LogP contribution in [0.3, 0.4) is 0 Å². The second kappa shape index (κ2) is 5.05. The van der Waals surface area contributed by atoms with Crippen molar-refractivity contribution >= 4 is 22.1 Å². The number of nitrogens with zero attached hydrogens (tertiary/aromatic N) is 1. The van der Waals surface area contributed by atoms with E-state index in [-0.39, 0.29) is 6.61 Å². The molecule has 1 aliphatic carbocycles. The van der Waals surface area contributed by atoms with Crippen LogP contribution in [0.5, 0.6) is 0 Å². The molecule has 0 aliphatic heterocycles. The van der Waals surface area contributed by atoms with Gasteiger partial charge in [0.1, 0.15) is 0 Å². The van der Waals surface area contributed by atoms with Crippen molar-refractivity contribution in [2.24, 2.45) is 5.92 Å². The van der Waals surface area contributed by atoms with Gasteiger partial charge in [0, 0.05) is 53.1 Å². The maximum absolute atomic E-state index is 9.40. The van der Waals surface area contributed by atoms with Gasteiger partial charge >= 0.3 is 0 Å². The summed E-state index contributed by atoms with van der Waals surface area (Å²) in [6.45, 7) is 0.253. The number of benzene rings is 1. The van der Waals surface area contributed by atoms with Crippen LogP contribution in [-0.4, -0.2) is 22.7 Å². The molecule has 1 heterocycles. The van der Waals surface area contributed by atoms with Gasteiger partial charge in [-0.1, -0.05) is 6.42 Å². The lowest BCUT2D eigenvalue weighted by molar-refractivity contribution is 0.222. The first-order chi connectivity index (χ1) is 9.29. The minimum Gasteiger partial charge on any atom is -0.398 e. The Bertz CT molecular complexity index is 585. The zero-order valence-corrected chi connectivity index (χ0v) is 10.8. The van der Waals surface area contributed by atoms with Crippen LogP contribution in [-0.2, 0) is 0 Å². The average molecular weight is 257 g/mol. The molecule has 1 aromatic carbocycles. The topological polar surface area (TPSA) is 71.2 Å². The standard InChI is InChI=1S/C15H19N3O/c16-13-4-5-15(12-8-17-7-6-11(12)13)18-14-3-1-2-10(14)9-19/h4-8,10,14,18-19H,1-3,9,16H2. The number of hydrogen-bond donors (Lipinski definition) is 3. The van der Waals surface area contributed by atoms with E-state index in [0.717, 1.165) is 35.0 Å². The van der Waals surface area contributed by atoms with E-state index in [2.05, 4.69) is 10.3 Å². The molecule has 2 unspecified atom stereocenters. The van der Waals surface area contributed by atoms with Crippen LogP contribution >= 0.6 is 0 Å². The maximum Gasteiger partial charge on any atom is 0.0478 e. The smallest absolute Gasteiger partial charge is 0.0478 e. The van der Waals surface area contributed by atoms with Crippen LogP contribution in [0.25, 0.3) is 10.8 Å². The summed E-state index contributed by atoms with van der Waals surface area (Å²) in [5.41, 5.74) is 7.82. The summed E-state index contributed by atoms with van der Waals surface area (Å²) in [5.74, 6) is 0.351. The lowest BCUT2D eigenvalue weighted by Gasteiger charge is -2.21. The van der Waals surface area contributed by atoms with Crippen LogP contribution in [0.15, 0.2) is 30.6 Å². The molecule has 3 rings (SSSR count). The Morgan fingerprint density at radius 3 is 3.00 bits per heavy atom. The molecule has 0 radical (unpaired) electrons. The van der Waals surface area contributed by atoms with E-state index in [0.29, 0.717) is 12.0 Å². The third kappa shape index (κ3) is 2.24. The van der Waals surface area contributed by atoms with E-state index >= 15 is 0 Å². The first kappa shape index (κ1) is 12.2. The quantitative estimate of drug-likeness (QED) is 0.738. The number of fused-ring (bicyclic) bond motifs is 1. The number of nitrogens with two attached hydrogens (primary N) is 1. The molecule has 0 saturated heterocycles. The van der Waals surface area contributed by atoms with Crippen molar-refractivity contribution in [3.8, 4) is 0 Å². The first-order valence-electron chi connectivity index (χ1n) is 6.79. The molecule has 1 saturated carbocycles. The predicted molar refractivity (Wildman–Crippen MR) is 78.0 cm³/mol.